The van der Waals surface area contributed by atoms with Crippen LogP contribution in [0.5, 0.6) is 0 Å². The Hall–Kier alpha value is -1.44. The van der Waals surface area contributed by atoms with Crippen molar-refractivity contribution in [2.75, 3.05) is 52.4 Å². The van der Waals surface area contributed by atoms with Crippen LogP contribution in [0.4, 0.5) is 0 Å². The molecule has 1 atom stereocenters. The largest absolute Gasteiger partial charge is 0.340 e. The number of carbonyl (C=O) groups excluding carboxylic acids is 2. The summed E-state index contributed by atoms with van der Waals surface area (Å²) in [5, 5.41) is 3.27. The van der Waals surface area contributed by atoms with Gasteiger partial charge in [-0.1, -0.05) is 28.4 Å². The average molecular weight is 465 g/mol. The van der Waals surface area contributed by atoms with Gasteiger partial charge in [0.05, 0.1) is 0 Å². The summed E-state index contributed by atoms with van der Waals surface area (Å²) >= 11 is 3.46. The van der Waals surface area contributed by atoms with E-state index in [-0.39, 0.29) is 11.8 Å². The molecule has 29 heavy (non-hydrogen) atoms. The topological polar surface area (TPSA) is 55.9 Å². The molecule has 2 saturated heterocycles. The zero-order valence-corrected chi connectivity index (χ0v) is 19.0. The van der Waals surface area contributed by atoms with Gasteiger partial charge in [0, 0.05) is 68.3 Å². The molecule has 1 N–H and O–H groups in total. The number of halogens is 1. The Morgan fingerprint density at radius 2 is 1.97 bits per heavy atom. The van der Waals surface area contributed by atoms with Gasteiger partial charge in [-0.05, 0) is 44.5 Å². The fraction of sp³-hybridized carbons (Fsp3) is 0.636. The van der Waals surface area contributed by atoms with Gasteiger partial charge in [0.25, 0.3) is 5.91 Å². The van der Waals surface area contributed by atoms with Crippen LogP contribution in [0.1, 0.15) is 43.0 Å². The number of nitrogens with zero attached hydrogens (tertiary/aromatic N) is 3. The van der Waals surface area contributed by atoms with E-state index in [1.165, 1.54) is 19.3 Å². The van der Waals surface area contributed by atoms with Gasteiger partial charge in [-0.15, -0.1) is 0 Å². The zero-order chi connectivity index (χ0) is 20.6. The van der Waals surface area contributed by atoms with Crippen molar-refractivity contribution < 1.29 is 9.59 Å². The smallest absolute Gasteiger partial charge is 0.253 e. The third-order valence-corrected chi connectivity index (χ3v) is 6.52. The molecule has 1 aromatic rings. The van der Waals surface area contributed by atoms with E-state index in [1.807, 2.05) is 34.1 Å². The van der Waals surface area contributed by atoms with E-state index in [0.29, 0.717) is 31.1 Å². The molecule has 0 spiro atoms. The Morgan fingerprint density at radius 3 is 2.69 bits per heavy atom. The van der Waals surface area contributed by atoms with Crippen molar-refractivity contribution in [2.45, 2.75) is 38.6 Å². The lowest BCUT2D eigenvalue weighted by Crippen LogP contribution is -2.48. The van der Waals surface area contributed by atoms with E-state index < -0.39 is 0 Å². The molecule has 0 bridgehead atoms. The van der Waals surface area contributed by atoms with Gasteiger partial charge in [0.15, 0.2) is 0 Å². The molecule has 6 nitrogen and oxygen atoms in total. The normalized spacial score (nSPS) is 20.5. The SMILES string of the molecule is CC1CCCCN1CCN(CCC(=O)N1CCNCC1)C(=O)c1cccc(Br)c1. The third-order valence-electron chi connectivity index (χ3n) is 6.02. The molecule has 7 heteroatoms. The fourth-order valence-corrected chi connectivity index (χ4v) is 4.56. The van der Waals surface area contributed by atoms with Crippen LogP contribution in [0.15, 0.2) is 28.7 Å². The maximum atomic E-state index is 13.2. The lowest BCUT2D eigenvalue weighted by Gasteiger charge is -2.35. The van der Waals surface area contributed by atoms with E-state index in [4.69, 9.17) is 0 Å². The molecule has 2 heterocycles. The van der Waals surface area contributed by atoms with Crippen LogP contribution in [-0.4, -0.2) is 84.9 Å². The van der Waals surface area contributed by atoms with Gasteiger partial charge < -0.3 is 15.1 Å². The molecule has 2 aliphatic rings. The van der Waals surface area contributed by atoms with E-state index in [0.717, 1.165) is 43.7 Å². The number of nitrogens with one attached hydrogen (secondary N) is 1. The minimum Gasteiger partial charge on any atom is -0.340 e. The second-order valence-corrected chi connectivity index (χ2v) is 8.98. The van der Waals surface area contributed by atoms with Crippen molar-refractivity contribution >= 4 is 27.7 Å². The first-order chi connectivity index (χ1) is 14.0. The summed E-state index contributed by atoms with van der Waals surface area (Å²) in [5.74, 6) is 0.147. The number of likely N-dealkylation sites (tertiary alicyclic amines) is 1. The van der Waals surface area contributed by atoms with Gasteiger partial charge >= 0.3 is 0 Å². The molecular formula is C22H33BrN4O2. The van der Waals surface area contributed by atoms with Crippen molar-refractivity contribution in [1.29, 1.82) is 0 Å². The first kappa shape index (κ1) is 22.2. The molecule has 1 aromatic carbocycles. The Bertz CT molecular complexity index is 693. The summed E-state index contributed by atoms with van der Waals surface area (Å²) in [7, 11) is 0. The van der Waals surface area contributed by atoms with Gasteiger partial charge in [0.2, 0.25) is 5.91 Å². The first-order valence-corrected chi connectivity index (χ1v) is 11.6. The number of amides is 2. The van der Waals surface area contributed by atoms with E-state index in [9.17, 15) is 9.59 Å². The molecule has 0 radical (unpaired) electrons. The molecular weight excluding hydrogens is 432 g/mol. The molecule has 2 aliphatic heterocycles. The monoisotopic (exact) mass is 464 g/mol. The summed E-state index contributed by atoms with van der Waals surface area (Å²) in [6, 6.07) is 8.08. The van der Waals surface area contributed by atoms with Gasteiger partial charge in [-0.2, -0.15) is 0 Å². The minimum atomic E-state index is 0.00377. The highest BCUT2D eigenvalue weighted by atomic mass is 79.9. The highest BCUT2D eigenvalue weighted by Gasteiger charge is 2.23. The third kappa shape index (κ3) is 6.52. The Morgan fingerprint density at radius 1 is 1.17 bits per heavy atom. The molecule has 2 amide bonds. The van der Waals surface area contributed by atoms with Crippen LogP contribution >= 0.6 is 15.9 Å². The van der Waals surface area contributed by atoms with Gasteiger partial charge in [0.1, 0.15) is 0 Å². The van der Waals surface area contributed by atoms with E-state index in [2.05, 4.69) is 33.1 Å². The number of hydrogen-bond donors (Lipinski definition) is 1. The lowest BCUT2D eigenvalue weighted by atomic mass is 10.0. The highest BCUT2D eigenvalue weighted by molar-refractivity contribution is 9.10. The Labute approximate surface area is 182 Å². The predicted molar refractivity (Wildman–Crippen MR) is 119 cm³/mol. The van der Waals surface area contributed by atoms with Crippen LogP contribution < -0.4 is 5.32 Å². The van der Waals surface area contributed by atoms with Crippen molar-refractivity contribution in [3.8, 4) is 0 Å². The summed E-state index contributed by atoms with van der Waals surface area (Å²) < 4.78 is 0.893. The minimum absolute atomic E-state index is 0.00377. The summed E-state index contributed by atoms with van der Waals surface area (Å²) in [5.41, 5.74) is 0.667. The summed E-state index contributed by atoms with van der Waals surface area (Å²) in [6.07, 6.45) is 4.12. The predicted octanol–water partition coefficient (Wildman–Crippen LogP) is 2.59. The van der Waals surface area contributed by atoms with Crippen molar-refractivity contribution in [2.24, 2.45) is 0 Å². The van der Waals surface area contributed by atoms with Gasteiger partial charge in [-0.25, -0.2) is 0 Å². The van der Waals surface area contributed by atoms with Crippen LogP contribution in [0, 0.1) is 0 Å². The number of benzene rings is 1. The molecule has 1 unspecified atom stereocenters. The van der Waals surface area contributed by atoms with Crippen molar-refractivity contribution in [1.82, 2.24) is 20.0 Å². The Kier molecular flexibility index (Phi) is 8.51. The second-order valence-electron chi connectivity index (χ2n) is 8.06. The maximum Gasteiger partial charge on any atom is 0.253 e. The number of rotatable bonds is 7. The number of carbonyl (C=O) groups is 2. The lowest BCUT2D eigenvalue weighted by molar-refractivity contribution is -0.131. The van der Waals surface area contributed by atoms with Crippen LogP contribution in [0.25, 0.3) is 0 Å². The molecule has 160 valence electrons. The van der Waals surface area contributed by atoms with E-state index >= 15 is 0 Å². The molecule has 2 fully saturated rings. The zero-order valence-electron chi connectivity index (χ0n) is 17.4. The highest BCUT2D eigenvalue weighted by Crippen LogP contribution is 2.17. The van der Waals surface area contributed by atoms with Crippen molar-refractivity contribution in [3.63, 3.8) is 0 Å². The average Bonchev–Trinajstić information content (AvgIpc) is 2.75. The molecule has 0 aliphatic carbocycles. The van der Waals surface area contributed by atoms with E-state index in [1.54, 1.807) is 0 Å². The van der Waals surface area contributed by atoms with Crippen LogP contribution in [-0.2, 0) is 4.79 Å². The first-order valence-electron chi connectivity index (χ1n) is 10.8. The Balaban J connectivity index is 1.63. The quantitative estimate of drug-likeness (QED) is 0.673. The second kappa shape index (κ2) is 11.1. The standard InChI is InChI=1S/C22H33BrN4O2/c1-18-5-2-3-11-25(18)15-16-27(22(29)19-6-4-7-20(23)17-19)12-8-21(28)26-13-9-24-10-14-26/h4,6-7,17-18,24H,2-3,5,8-16H2,1H3. The molecule has 0 aromatic heterocycles. The summed E-state index contributed by atoms with van der Waals surface area (Å²) in [6.45, 7) is 8.56. The summed E-state index contributed by atoms with van der Waals surface area (Å²) in [4.78, 5) is 32.1. The van der Waals surface area contributed by atoms with Crippen molar-refractivity contribution in [3.05, 3.63) is 34.3 Å². The molecule has 3 rings (SSSR count). The number of piperazine rings is 1. The number of piperidine rings is 1. The number of hydrogen-bond acceptors (Lipinski definition) is 4. The van der Waals surface area contributed by atoms with Crippen LogP contribution in [0.3, 0.4) is 0 Å². The molecule has 0 saturated carbocycles. The van der Waals surface area contributed by atoms with Crippen LogP contribution in [0.2, 0.25) is 0 Å². The maximum absolute atomic E-state index is 13.2. The fourth-order valence-electron chi connectivity index (χ4n) is 4.16. The van der Waals surface area contributed by atoms with Gasteiger partial charge in [-0.3, -0.25) is 14.5 Å².